The summed E-state index contributed by atoms with van der Waals surface area (Å²) in [6, 6.07) is 1.78. The molecule has 0 spiro atoms. The lowest BCUT2D eigenvalue weighted by molar-refractivity contribution is 0.656. The maximum atomic E-state index is 3.67. The van der Waals surface area contributed by atoms with Crippen molar-refractivity contribution in [1.29, 1.82) is 0 Å². The molecular weight excluding hydrogens is 160 g/mol. The zero-order chi connectivity index (χ0) is 9.78. The largest absolute Gasteiger partial charge is 0.245 e. The number of hydrogen-bond acceptors (Lipinski definition) is 2. The van der Waals surface area contributed by atoms with Crippen molar-refractivity contribution >= 4 is 0 Å². The fraction of sp³-hybridized carbons (Fsp3) is 0.636. The van der Waals surface area contributed by atoms with E-state index in [-0.39, 0.29) is 0 Å². The van der Waals surface area contributed by atoms with Crippen LogP contribution >= 0.6 is 0 Å². The van der Waals surface area contributed by atoms with Crippen LogP contribution in [-0.4, -0.2) is 9.97 Å². The third-order valence-corrected chi connectivity index (χ3v) is 1.68. The van der Waals surface area contributed by atoms with Crippen molar-refractivity contribution in [3.63, 3.8) is 0 Å². The van der Waals surface area contributed by atoms with Crippen molar-refractivity contribution in [1.82, 2.24) is 9.97 Å². The lowest BCUT2D eigenvalue weighted by Gasteiger charge is -1.90. The summed E-state index contributed by atoms with van der Waals surface area (Å²) in [5.74, 6) is 0. The molecule has 2 heteroatoms. The number of aromatic nitrogens is 2. The molecule has 1 rings (SSSR count). The van der Waals surface area contributed by atoms with Crippen molar-refractivity contribution in [3.05, 3.63) is 24.8 Å². The van der Waals surface area contributed by atoms with E-state index in [0.29, 0.717) is 0 Å². The Hall–Kier alpha value is -0.920. The van der Waals surface area contributed by atoms with Crippen LogP contribution in [0, 0.1) is 0 Å². The quantitative estimate of drug-likeness (QED) is 0.663. The highest BCUT2D eigenvalue weighted by atomic mass is 14.8. The fourth-order valence-electron chi connectivity index (χ4n) is 0.930. The molecule has 74 valence electrons. The van der Waals surface area contributed by atoms with E-state index in [9.17, 15) is 0 Å². The number of unbranched alkanes of at least 4 members (excludes halogenated alkanes) is 4. The van der Waals surface area contributed by atoms with Gasteiger partial charge in [-0.1, -0.05) is 46.0 Å². The Balaban J connectivity index is 0.000000223. The molecule has 0 aliphatic rings. The van der Waals surface area contributed by atoms with Crippen LogP contribution in [0.4, 0.5) is 0 Å². The van der Waals surface area contributed by atoms with E-state index in [1.807, 2.05) is 0 Å². The van der Waals surface area contributed by atoms with Gasteiger partial charge in [0.15, 0.2) is 0 Å². The van der Waals surface area contributed by atoms with Gasteiger partial charge in [-0.25, -0.2) is 9.97 Å². The molecule has 0 saturated carbocycles. The van der Waals surface area contributed by atoms with E-state index in [2.05, 4.69) is 23.8 Å². The first-order valence-electron chi connectivity index (χ1n) is 5.11. The van der Waals surface area contributed by atoms with Crippen LogP contribution in [0.15, 0.2) is 24.8 Å². The smallest absolute Gasteiger partial charge is 0.115 e. The monoisotopic (exact) mass is 180 g/mol. The van der Waals surface area contributed by atoms with Crippen LogP contribution < -0.4 is 0 Å². The van der Waals surface area contributed by atoms with Gasteiger partial charge in [-0.15, -0.1) is 0 Å². The van der Waals surface area contributed by atoms with Crippen LogP contribution in [0.3, 0.4) is 0 Å². The maximum Gasteiger partial charge on any atom is 0.115 e. The highest BCUT2D eigenvalue weighted by molar-refractivity contribution is 4.74. The summed E-state index contributed by atoms with van der Waals surface area (Å²) >= 11 is 0. The van der Waals surface area contributed by atoms with Gasteiger partial charge >= 0.3 is 0 Å². The summed E-state index contributed by atoms with van der Waals surface area (Å²) in [5.41, 5.74) is 0. The van der Waals surface area contributed by atoms with E-state index < -0.39 is 0 Å². The molecule has 0 bridgehead atoms. The van der Waals surface area contributed by atoms with Crippen LogP contribution in [0.2, 0.25) is 0 Å². The number of rotatable bonds is 4. The molecule has 0 aliphatic heterocycles. The molecule has 0 N–H and O–H groups in total. The summed E-state index contributed by atoms with van der Waals surface area (Å²) in [7, 11) is 0. The molecule has 1 heterocycles. The third kappa shape index (κ3) is 11.1. The van der Waals surface area contributed by atoms with Gasteiger partial charge in [-0.05, 0) is 6.07 Å². The first-order valence-corrected chi connectivity index (χ1v) is 5.11. The van der Waals surface area contributed by atoms with Gasteiger partial charge in [0.1, 0.15) is 6.33 Å². The Bertz CT molecular complexity index is 132. The van der Waals surface area contributed by atoms with Crippen LogP contribution in [0.1, 0.15) is 46.0 Å². The van der Waals surface area contributed by atoms with Gasteiger partial charge in [-0.3, -0.25) is 0 Å². The Labute approximate surface area is 81.4 Å². The average Bonchev–Trinajstić information content (AvgIpc) is 2.22. The normalized spacial score (nSPS) is 8.77. The SMILES string of the molecule is CCCCCCC.c1cncnc1. The second-order valence-electron chi connectivity index (χ2n) is 2.96. The third-order valence-electron chi connectivity index (χ3n) is 1.68. The number of hydrogen-bond donors (Lipinski definition) is 0. The number of nitrogens with zero attached hydrogens (tertiary/aromatic N) is 2. The minimum Gasteiger partial charge on any atom is -0.245 e. The Morgan fingerprint density at radius 2 is 1.38 bits per heavy atom. The summed E-state index contributed by atoms with van der Waals surface area (Å²) in [5, 5.41) is 0. The predicted molar refractivity (Wildman–Crippen MR) is 56.5 cm³/mol. The van der Waals surface area contributed by atoms with E-state index in [1.54, 1.807) is 18.5 Å². The Morgan fingerprint density at radius 1 is 0.846 bits per heavy atom. The highest BCUT2D eigenvalue weighted by Crippen LogP contribution is 2.00. The topological polar surface area (TPSA) is 25.8 Å². The van der Waals surface area contributed by atoms with Gasteiger partial charge < -0.3 is 0 Å². The molecule has 0 atom stereocenters. The molecule has 13 heavy (non-hydrogen) atoms. The summed E-state index contributed by atoms with van der Waals surface area (Å²) < 4.78 is 0. The minimum atomic E-state index is 1.36. The summed E-state index contributed by atoms with van der Waals surface area (Å²) in [6.45, 7) is 4.49. The highest BCUT2D eigenvalue weighted by Gasteiger charge is 1.80. The molecular formula is C11H20N2. The van der Waals surface area contributed by atoms with Gasteiger partial charge in [0.25, 0.3) is 0 Å². The zero-order valence-corrected chi connectivity index (χ0v) is 8.74. The minimum absolute atomic E-state index is 1.36. The first kappa shape index (κ1) is 12.1. The zero-order valence-electron chi connectivity index (χ0n) is 8.74. The molecule has 0 aliphatic carbocycles. The van der Waals surface area contributed by atoms with Gasteiger partial charge in [-0.2, -0.15) is 0 Å². The summed E-state index contributed by atoms with van der Waals surface area (Å²) in [6.07, 6.45) is 11.9. The molecule has 0 saturated heterocycles. The molecule has 0 aromatic carbocycles. The second kappa shape index (κ2) is 11.1. The van der Waals surface area contributed by atoms with Gasteiger partial charge in [0.05, 0.1) is 0 Å². The van der Waals surface area contributed by atoms with Crippen molar-refractivity contribution in [2.45, 2.75) is 46.0 Å². The lowest BCUT2D eigenvalue weighted by Crippen LogP contribution is -1.70. The Kier molecular flexibility index (Phi) is 10.3. The van der Waals surface area contributed by atoms with Crippen molar-refractivity contribution in [2.75, 3.05) is 0 Å². The van der Waals surface area contributed by atoms with Gasteiger partial charge in [0, 0.05) is 12.4 Å². The van der Waals surface area contributed by atoms with Crippen LogP contribution in [-0.2, 0) is 0 Å². The first-order chi connectivity index (χ1) is 6.41. The molecule has 1 aromatic rings. The second-order valence-corrected chi connectivity index (χ2v) is 2.96. The van der Waals surface area contributed by atoms with E-state index in [4.69, 9.17) is 0 Å². The lowest BCUT2D eigenvalue weighted by atomic mass is 10.2. The predicted octanol–water partition coefficient (Wildman–Crippen LogP) is 3.45. The average molecular weight is 180 g/mol. The van der Waals surface area contributed by atoms with Crippen molar-refractivity contribution in [3.8, 4) is 0 Å². The molecule has 0 amide bonds. The molecule has 2 nitrogen and oxygen atoms in total. The van der Waals surface area contributed by atoms with Crippen LogP contribution in [0.25, 0.3) is 0 Å². The van der Waals surface area contributed by atoms with Crippen molar-refractivity contribution in [2.24, 2.45) is 0 Å². The standard InChI is InChI=1S/C7H16.C4H4N2/c1-3-5-7-6-4-2;1-2-5-4-6-3-1/h3-7H2,1-2H3;1-4H. The fourth-order valence-corrected chi connectivity index (χ4v) is 0.930. The molecule has 0 radical (unpaired) electrons. The maximum absolute atomic E-state index is 3.67. The van der Waals surface area contributed by atoms with Gasteiger partial charge in [0.2, 0.25) is 0 Å². The molecule has 0 unspecified atom stereocenters. The van der Waals surface area contributed by atoms with E-state index in [1.165, 1.54) is 38.4 Å². The Morgan fingerprint density at radius 3 is 1.62 bits per heavy atom. The van der Waals surface area contributed by atoms with Crippen LogP contribution in [0.5, 0.6) is 0 Å². The van der Waals surface area contributed by atoms with E-state index in [0.717, 1.165) is 0 Å². The van der Waals surface area contributed by atoms with E-state index >= 15 is 0 Å². The molecule has 1 aromatic heterocycles. The summed E-state index contributed by atoms with van der Waals surface area (Å²) in [4.78, 5) is 7.35. The molecule has 0 fully saturated rings. The van der Waals surface area contributed by atoms with Crippen molar-refractivity contribution < 1.29 is 0 Å².